The van der Waals surface area contributed by atoms with Gasteiger partial charge in [0.25, 0.3) is 0 Å². The molecule has 3 unspecified atom stereocenters. The molecule has 0 radical (unpaired) electrons. The quantitative estimate of drug-likeness (QED) is 0.481. The maximum atomic E-state index is 12.3. The lowest BCUT2D eigenvalue weighted by Gasteiger charge is -2.29. The molecule has 0 N–H and O–H groups in total. The van der Waals surface area contributed by atoms with Crippen molar-refractivity contribution in [2.24, 2.45) is 23.2 Å². The molecule has 4 nitrogen and oxygen atoms in total. The van der Waals surface area contributed by atoms with Gasteiger partial charge >= 0.3 is 11.9 Å². The lowest BCUT2D eigenvalue weighted by Crippen LogP contribution is -2.29. The number of rotatable bonds is 8. The summed E-state index contributed by atoms with van der Waals surface area (Å²) in [6.07, 6.45) is 15.6. The summed E-state index contributed by atoms with van der Waals surface area (Å²) in [6.45, 7) is 2.42. The highest BCUT2D eigenvalue weighted by atomic mass is 16.6. The van der Waals surface area contributed by atoms with Crippen LogP contribution in [-0.4, -0.2) is 25.2 Å². The van der Waals surface area contributed by atoms with Gasteiger partial charge < -0.3 is 9.47 Å². The zero-order valence-corrected chi connectivity index (χ0v) is 15.5. The summed E-state index contributed by atoms with van der Waals surface area (Å²) in [7, 11) is 0. The number of carbonyl (C=O) groups is 2. The van der Waals surface area contributed by atoms with E-state index in [1.807, 2.05) is 6.08 Å². The third-order valence-corrected chi connectivity index (χ3v) is 6.60. The van der Waals surface area contributed by atoms with E-state index in [2.05, 4.69) is 13.0 Å². The number of ether oxygens (including phenoxy) is 2. The highest BCUT2D eigenvalue weighted by Crippen LogP contribution is 2.49. The molecule has 140 valence electrons. The fourth-order valence-electron chi connectivity index (χ4n) is 5.02. The Hall–Kier alpha value is -1.32. The van der Waals surface area contributed by atoms with Crippen LogP contribution in [-0.2, 0) is 19.1 Å². The summed E-state index contributed by atoms with van der Waals surface area (Å²) in [5.41, 5.74) is -0.459. The van der Waals surface area contributed by atoms with Crippen LogP contribution in [0.2, 0.25) is 0 Å². The van der Waals surface area contributed by atoms with Gasteiger partial charge in [0.15, 0.2) is 6.61 Å². The molecular formula is C21H32O4. The van der Waals surface area contributed by atoms with Crippen molar-refractivity contribution in [2.75, 3.05) is 13.2 Å². The highest BCUT2D eigenvalue weighted by Gasteiger charge is 2.47. The van der Waals surface area contributed by atoms with E-state index in [1.54, 1.807) is 0 Å². The zero-order valence-electron chi connectivity index (χ0n) is 15.5. The number of fused-ring (bicyclic) bond motifs is 2. The van der Waals surface area contributed by atoms with Crippen LogP contribution in [0.4, 0.5) is 0 Å². The van der Waals surface area contributed by atoms with Crippen molar-refractivity contribution < 1.29 is 19.1 Å². The molecule has 2 saturated carbocycles. The van der Waals surface area contributed by atoms with Gasteiger partial charge in [-0.1, -0.05) is 57.6 Å². The fraction of sp³-hybridized carbons (Fsp3) is 0.810. The Kier molecular flexibility index (Phi) is 6.19. The second kappa shape index (κ2) is 8.37. The number of esters is 2. The molecule has 0 aromatic heterocycles. The van der Waals surface area contributed by atoms with Crippen molar-refractivity contribution in [3.63, 3.8) is 0 Å². The van der Waals surface area contributed by atoms with Gasteiger partial charge in [0.1, 0.15) is 0 Å². The molecule has 0 heterocycles. The van der Waals surface area contributed by atoms with E-state index in [0.717, 1.165) is 38.0 Å². The van der Waals surface area contributed by atoms with Crippen LogP contribution < -0.4 is 0 Å². The Morgan fingerprint density at radius 2 is 1.96 bits per heavy atom. The third kappa shape index (κ3) is 4.45. The number of allylic oxidation sites excluding steroid dienone is 1. The second-order valence-corrected chi connectivity index (χ2v) is 8.17. The smallest absolute Gasteiger partial charge is 0.344 e. The van der Waals surface area contributed by atoms with Gasteiger partial charge in [-0.2, -0.15) is 0 Å². The second-order valence-electron chi connectivity index (χ2n) is 8.17. The highest BCUT2D eigenvalue weighted by molar-refractivity contribution is 5.83. The minimum Gasteiger partial charge on any atom is -0.463 e. The molecule has 25 heavy (non-hydrogen) atoms. The van der Waals surface area contributed by atoms with Crippen molar-refractivity contribution >= 4 is 11.9 Å². The SMILES string of the molecule is CCC(CCOC(=O)COC(=O)C12C=CC(CC1)C2)C1CCCCC1. The van der Waals surface area contributed by atoms with Gasteiger partial charge in [-0.3, -0.25) is 4.79 Å². The average Bonchev–Trinajstić information content (AvgIpc) is 3.26. The van der Waals surface area contributed by atoms with Crippen LogP contribution >= 0.6 is 0 Å². The van der Waals surface area contributed by atoms with E-state index in [-0.39, 0.29) is 12.6 Å². The summed E-state index contributed by atoms with van der Waals surface area (Å²) < 4.78 is 10.6. The normalized spacial score (nSPS) is 29.6. The molecule has 3 aliphatic carbocycles. The lowest BCUT2D eigenvalue weighted by atomic mass is 9.77. The van der Waals surface area contributed by atoms with Gasteiger partial charge in [0.2, 0.25) is 0 Å². The standard InChI is InChI=1S/C21H32O4/c1-2-17(18-6-4-3-5-7-18)10-13-24-19(22)15-25-20(23)21-11-8-16(14-21)9-12-21/h8,11,16-18H,2-7,9-10,12-15H2,1H3. The van der Waals surface area contributed by atoms with E-state index in [1.165, 1.54) is 32.1 Å². The van der Waals surface area contributed by atoms with Gasteiger partial charge in [0.05, 0.1) is 12.0 Å². The molecule has 0 aromatic rings. The first-order valence-corrected chi connectivity index (χ1v) is 10.1. The van der Waals surface area contributed by atoms with Crippen LogP contribution in [0.1, 0.15) is 71.1 Å². The van der Waals surface area contributed by atoms with Gasteiger partial charge in [-0.25, -0.2) is 4.79 Å². The lowest BCUT2D eigenvalue weighted by molar-refractivity contribution is -0.164. The fourth-order valence-corrected chi connectivity index (χ4v) is 5.02. The topological polar surface area (TPSA) is 52.6 Å². The molecule has 0 amide bonds. The zero-order chi connectivity index (χ0) is 17.7. The van der Waals surface area contributed by atoms with Gasteiger partial charge in [-0.15, -0.1) is 0 Å². The summed E-state index contributed by atoms with van der Waals surface area (Å²) in [4.78, 5) is 24.2. The van der Waals surface area contributed by atoms with Crippen molar-refractivity contribution in [2.45, 2.75) is 71.1 Å². The monoisotopic (exact) mass is 348 g/mol. The number of hydrogen-bond donors (Lipinski definition) is 0. The van der Waals surface area contributed by atoms with Crippen LogP contribution in [0.5, 0.6) is 0 Å². The van der Waals surface area contributed by atoms with Crippen molar-refractivity contribution in [1.82, 2.24) is 0 Å². The predicted octanol–water partition coefficient (Wildman–Crippen LogP) is 4.43. The maximum absolute atomic E-state index is 12.3. The predicted molar refractivity (Wildman–Crippen MR) is 95.8 cm³/mol. The molecule has 0 spiro atoms. The molecule has 4 heteroatoms. The van der Waals surface area contributed by atoms with Crippen molar-refractivity contribution in [3.05, 3.63) is 12.2 Å². The van der Waals surface area contributed by atoms with Gasteiger partial charge in [0, 0.05) is 0 Å². The van der Waals surface area contributed by atoms with Crippen molar-refractivity contribution in [3.8, 4) is 0 Å². The first kappa shape index (κ1) is 18.5. The van der Waals surface area contributed by atoms with Crippen molar-refractivity contribution in [1.29, 1.82) is 0 Å². The van der Waals surface area contributed by atoms with Crippen LogP contribution in [0.15, 0.2) is 12.2 Å². The van der Waals surface area contributed by atoms with Crippen LogP contribution in [0, 0.1) is 23.2 Å². The van der Waals surface area contributed by atoms with E-state index in [0.29, 0.717) is 18.4 Å². The Bertz CT molecular complexity index is 506. The summed E-state index contributed by atoms with van der Waals surface area (Å²) >= 11 is 0. The molecule has 2 bridgehead atoms. The number of hydrogen-bond acceptors (Lipinski definition) is 4. The molecule has 3 atom stereocenters. The average molecular weight is 348 g/mol. The molecule has 2 fully saturated rings. The van der Waals surface area contributed by atoms with Gasteiger partial charge in [-0.05, 0) is 43.4 Å². The van der Waals surface area contributed by atoms with E-state index >= 15 is 0 Å². The Morgan fingerprint density at radius 3 is 2.56 bits per heavy atom. The first-order valence-electron chi connectivity index (χ1n) is 10.1. The number of carbonyl (C=O) groups excluding carboxylic acids is 2. The Labute approximate surface area is 151 Å². The summed E-state index contributed by atoms with van der Waals surface area (Å²) in [5.74, 6) is 1.28. The minimum atomic E-state index is -0.459. The Morgan fingerprint density at radius 1 is 1.16 bits per heavy atom. The third-order valence-electron chi connectivity index (χ3n) is 6.60. The molecule has 0 aromatic carbocycles. The van der Waals surface area contributed by atoms with E-state index in [4.69, 9.17) is 9.47 Å². The summed E-state index contributed by atoms with van der Waals surface area (Å²) in [6, 6.07) is 0. The van der Waals surface area contributed by atoms with E-state index < -0.39 is 11.4 Å². The largest absolute Gasteiger partial charge is 0.463 e. The minimum absolute atomic E-state index is 0.251. The molecule has 0 saturated heterocycles. The molecule has 3 rings (SSSR count). The van der Waals surface area contributed by atoms with Crippen LogP contribution in [0.3, 0.4) is 0 Å². The molecular weight excluding hydrogens is 316 g/mol. The first-order chi connectivity index (χ1) is 12.1. The summed E-state index contributed by atoms with van der Waals surface area (Å²) in [5, 5.41) is 0. The Balaban J connectivity index is 1.34. The molecule has 3 aliphatic rings. The van der Waals surface area contributed by atoms with Crippen LogP contribution in [0.25, 0.3) is 0 Å². The molecule has 0 aliphatic heterocycles. The van der Waals surface area contributed by atoms with E-state index in [9.17, 15) is 9.59 Å². The maximum Gasteiger partial charge on any atom is 0.344 e.